The number of hydrogen-bond acceptors (Lipinski definition) is 5. The van der Waals surface area contributed by atoms with Crippen molar-refractivity contribution in [2.75, 3.05) is 6.61 Å². The lowest BCUT2D eigenvalue weighted by molar-refractivity contribution is -0.151. The Hall–Kier alpha value is -1.14. The molecule has 0 aromatic rings. The second-order valence-electron chi connectivity index (χ2n) is 16.2. The Kier molecular flexibility index (Phi) is 40.1. The number of ether oxygens (including phenoxy) is 1. The van der Waals surface area contributed by atoms with Crippen molar-refractivity contribution in [3.8, 4) is 0 Å². The highest BCUT2D eigenvalue weighted by Gasteiger charge is 2.24. The Morgan fingerprint density at radius 1 is 0.481 bits per heavy atom. The summed E-state index contributed by atoms with van der Waals surface area (Å²) in [6.07, 6.45) is 41.7. The van der Waals surface area contributed by atoms with Crippen LogP contribution >= 0.6 is 0 Å². The maximum atomic E-state index is 13.1. The molecule has 0 radical (unpaired) electrons. The third-order valence-corrected chi connectivity index (χ3v) is 10.9. The van der Waals surface area contributed by atoms with E-state index in [-0.39, 0.29) is 24.9 Å². The van der Waals surface area contributed by atoms with E-state index in [1.165, 1.54) is 173 Å². The Labute approximate surface area is 324 Å². The molecule has 0 heterocycles. The first-order chi connectivity index (χ1) is 25.5. The van der Waals surface area contributed by atoms with Gasteiger partial charge in [0.05, 0.1) is 25.2 Å². The van der Waals surface area contributed by atoms with Gasteiger partial charge in [0.25, 0.3) is 0 Å². The van der Waals surface area contributed by atoms with Crippen LogP contribution in [0.5, 0.6) is 0 Å². The van der Waals surface area contributed by atoms with E-state index in [9.17, 15) is 19.8 Å². The van der Waals surface area contributed by atoms with Gasteiger partial charge in [0.15, 0.2) is 0 Å². The van der Waals surface area contributed by atoms with Crippen LogP contribution in [0.1, 0.15) is 258 Å². The van der Waals surface area contributed by atoms with Gasteiger partial charge in [-0.3, -0.25) is 9.59 Å². The number of nitrogens with one attached hydrogen (secondary N) is 1. The number of carbonyl (C=O) groups is 2. The van der Waals surface area contributed by atoms with Gasteiger partial charge in [-0.25, -0.2) is 0 Å². The quantitative estimate of drug-likeness (QED) is 0.0428. The molecule has 0 spiro atoms. The fourth-order valence-corrected chi connectivity index (χ4v) is 7.37. The Balaban J connectivity index is 4.38. The van der Waals surface area contributed by atoms with Crippen molar-refractivity contribution < 1.29 is 24.5 Å². The van der Waals surface area contributed by atoms with Gasteiger partial charge in [-0.15, -0.1) is 0 Å². The average Bonchev–Trinajstić information content (AvgIpc) is 3.13. The lowest BCUT2D eigenvalue weighted by atomic mass is 10.0. The van der Waals surface area contributed by atoms with Gasteiger partial charge in [-0.2, -0.15) is 0 Å². The van der Waals surface area contributed by atoms with Crippen molar-refractivity contribution in [3.63, 3.8) is 0 Å². The molecule has 3 N–H and O–H groups in total. The van der Waals surface area contributed by atoms with Crippen LogP contribution in [-0.2, 0) is 14.3 Å². The van der Waals surface area contributed by atoms with Crippen LogP contribution in [0.2, 0.25) is 0 Å². The molecular formula is C46H91NO5. The molecule has 0 saturated carbocycles. The lowest BCUT2D eigenvalue weighted by Crippen LogP contribution is -2.46. The van der Waals surface area contributed by atoms with Gasteiger partial charge in [-0.1, -0.05) is 220 Å². The van der Waals surface area contributed by atoms with E-state index in [0.717, 1.165) is 38.5 Å². The van der Waals surface area contributed by atoms with E-state index < -0.39 is 18.2 Å². The Bertz CT molecular complexity index is 746. The predicted molar refractivity (Wildman–Crippen MR) is 223 cm³/mol. The molecule has 3 atom stereocenters. The topological polar surface area (TPSA) is 95.9 Å². The van der Waals surface area contributed by atoms with E-state index in [4.69, 9.17) is 4.74 Å². The number of unbranched alkanes of at least 4 members (excludes halogenated alkanes) is 30. The number of rotatable bonds is 42. The zero-order chi connectivity index (χ0) is 38.2. The highest BCUT2D eigenvalue weighted by molar-refractivity contribution is 5.77. The van der Waals surface area contributed by atoms with Crippen molar-refractivity contribution in [1.82, 2.24) is 5.32 Å². The number of esters is 1. The first-order valence-electron chi connectivity index (χ1n) is 23.3. The van der Waals surface area contributed by atoms with E-state index in [2.05, 4.69) is 26.1 Å². The largest absolute Gasteiger partial charge is 0.462 e. The number of carbonyl (C=O) groups excluding carboxylic acids is 2. The van der Waals surface area contributed by atoms with Gasteiger partial charge >= 0.3 is 5.97 Å². The number of aliphatic hydroxyl groups excluding tert-OH is 2. The standard InChI is InChI=1S/C46H91NO5/c1-4-7-10-13-16-18-20-21-22-23-25-27-30-33-36-39-46(51)52-42(37-34-31-28-15-12-9-6-3)40-45(50)47-43(41-48)44(49)38-35-32-29-26-24-19-17-14-11-8-5-2/h42-44,48-49H,4-41H2,1-3H3,(H,47,50). The molecule has 0 rings (SSSR count). The van der Waals surface area contributed by atoms with Crippen molar-refractivity contribution >= 4 is 11.9 Å². The second-order valence-corrected chi connectivity index (χ2v) is 16.2. The van der Waals surface area contributed by atoms with E-state index in [0.29, 0.717) is 19.3 Å². The monoisotopic (exact) mass is 738 g/mol. The van der Waals surface area contributed by atoms with E-state index in [1.807, 2.05) is 0 Å². The van der Waals surface area contributed by atoms with Gasteiger partial charge in [0.1, 0.15) is 6.10 Å². The zero-order valence-corrected chi connectivity index (χ0v) is 35.2. The molecule has 1 amide bonds. The molecule has 0 aliphatic rings. The Morgan fingerprint density at radius 2 is 0.808 bits per heavy atom. The fourth-order valence-electron chi connectivity index (χ4n) is 7.37. The Morgan fingerprint density at radius 3 is 1.17 bits per heavy atom. The molecule has 6 heteroatoms. The molecule has 0 aromatic carbocycles. The summed E-state index contributed by atoms with van der Waals surface area (Å²) < 4.78 is 5.88. The molecular weight excluding hydrogens is 647 g/mol. The highest BCUT2D eigenvalue weighted by atomic mass is 16.5. The molecule has 0 fully saturated rings. The molecule has 0 aliphatic heterocycles. The second kappa shape index (κ2) is 41.0. The van der Waals surface area contributed by atoms with Crippen LogP contribution in [0.15, 0.2) is 0 Å². The van der Waals surface area contributed by atoms with Crippen LogP contribution in [0.4, 0.5) is 0 Å². The minimum atomic E-state index is -0.776. The number of hydrogen-bond donors (Lipinski definition) is 3. The molecule has 6 nitrogen and oxygen atoms in total. The maximum Gasteiger partial charge on any atom is 0.306 e. The average molecular weight is 738 g/mol. The SMILES string of the molecule is CCCCCCCCCCCCCCCCCC(=O)OC(CCCCCCCCC)CC(=O)NC(CO)C(O)CCCCCCCCCCCCC. The summed E-state index contributed by atoms with van der Waals surface area (Å²) in [7, 11) is 0. The summed E-state index contributed by atoms with van der Waals surface area (Å²) in [4.78, 5) is 25.9. The number of aliphatic hydroxyl groups is 2. The summed E-state index contributed by atoms with van der Waals surface area (Å²) in [6, 6.07) is -0.689. The molecule has 52 heavy (non-hydrogen) atoms. The van der Waals surface area contributed by atoms with Crippen molar-refractivity contribution in [2.45, 2.75) is 277 Å². The molecule has 0 saturated heterocycles. The molecule has 0 bridgehead atoms. The third kappa shape index (κ3) is 35.9. The van der Waals surface area contributed by atoms with Crippen LogP contribution in [0.25, 0.3) is 0 Å². The van der Waals surface area contributed by atoms with Crippen LogP contribution in [-0.4, -0.2) is 46.9 Å². The zero-order valence-electron chi connectivity index (χ0n) is 35.2. The van der Waals surface area contributed by atoms with Crippen LogP contribution in [0, 0.1) is 0 Å². The van der Waals surface area contributed by atoms with Crippen molar-refractivity contribution in [2.24, 2.45) is 0 Å². The minimum absolute atomic E-state index is 0.0854. The summed E-state index contributed by atoms with van der Waals surface area (Å²) in [5, 5.41) is 23.6. The van der Waals surface area contributed by atoms with Crippen LogP contribution in [0.3, 0.4) is 0 Å². The molecule has 3 unspecified atom stereocenters. The highest BCUT2D eigenvalue weighted by Crippen LogP contribution is 2.18. The smallest absolute Gasteiger partial charge is 0.306 e. The summed E-state index contributed by atoms with van der Waals surface area (Å²) >= 11 is 0. The molecule has 310 valence electrons. The lowest BCUT2D eigenvalue weighted by Gasteiger charge is -2.24. The minimum Gasteiger partial charge on any atom is -0.462 e. The van der Waals surface area contributed by atoms with Gasteiger partial charge in [0.2, 0.25) is 5.91 Å². The summed E-state index contributed by atoms with van der Waals surface area (Å²) in [5.41, 5.74) is 0. The fraction of sp³-hybridized carbons (Fsp3) is 0.957. The van der Waals surface area contributed by atoms with Gasteiger partial charge < -0.3 is 20.3 Å². The van der Waals surface area contributed by atoms with E-state index >= 15 is 0 Å². The van der Waals surface area contributed by atoms with Crippen molar-refractivity contribution in [1.29, 1.82) is 0 Å². The first kappa shape index (κ1) is 50.9. The number of amides is 1. The molecule has 0 aliphatic carbocycles. The molecule has 0 aromatic heterocycles. The normalized spacial score (nSPS) is 13.2. The third-order valence-electron chi connectivity index (χ3n) is 10.9. The maximum absolute atomic E-state index is 13.1. The predicted octanol–water partition coefficient (Wildman–Crippen LogP) is 13.2. The van der Waals surface area contributed by atoms with Crippen molar-refractivity contribution in [3.05, 3.63) is 0 Å². The van der Waals surface area contributed by atoms with Crippen LogP contribution < -0.4 is 5.32 Å². The van der Waals surface area contributed by atoms with E-state index in [1.54, 1.807) is 0 Å². The van der Waals surface area contributed by atoms with Gasteiger partial charge in [0, 0.05) is 6.42 Å². The summed E-state index contributed by atoms with van der Waals surface area (Å²) in [6.45, 7) is 6.45. The first-order valence-corrected chi connectivity index (χ1v) is 23.3. The van der Waals surface area contributed by atoms with Gasteiger partial charge in [-0.05, 0) is 25.7 Å². The summed E-state index contributed by atoms with van der Waals surface area (Å²) in [5.74, 6) is -0.463.